The van der Waals surface area contributed by atoms with E-state index in [-0.39, 0.29) is 36.8 Å². The van der Waals surface area contributed by atoms with Gasteiger partial charge in [0, 0.05) is 30.9 Å². The Labute approximate surface area is 148 Å². The predicted octanol–water partition coefficient (Wildman–Crippen LogP) is 3.18. The van der Waals surface area contributed by atoms with Gasteiger partial charge in [0.25, 0.3) is 5.91 Å². The number of pyridine rings is 1. The lowest BCUT2D eigenvalue weighted by atomic mass is 9.92. The molecule has 0 saturated carbocycles. The van der Waals surface area contributed by atoms with Crippen molar-refractivity contribution >= 4 is 41.8 Å². The van der Waals surface area contributed by atoms with E-state index in [9.17, 15) is 4.79 Å². The lowest BCUT2D eigenvalue weighted by Gasteiger charge is -2.37. The average molecular weight is 360 g/mol. The SMILES string of the molecule is Cc1ccc2oc(C(=O)N3CCC(C)CC3CN)cc2n1.Cl.Cl. The van der Waals surface area contributed by atoms with Crippen LogP contribution < -0.4 is 5.73 Å². The van der Waals surface area contributed by atoms with Gasteiger partial charge in [-0.15, -0.1) is 24.8 Å². The van der Waals surface area contributed by atoms with Gasteiger partial charge in [-0.1, -0.05) is 6.92 Å². The number of carbonyl (C=O) groups excluding carboxylic acids is 1. The number of piperidine rings is 1. The van der Waals surface area contributed by atoms with Crippen molar-refractivity contribution in [1.29, 1.82) is 0 Å². The Hall–Kier alpha value is -1.30. The van der Waals surface area contributed by atoms with Crippen LogP contribution >= 0.6 is 24.8 Å². The van der Waals surface area contributed by atoms with Crippen molar-refractivity contribution in [2.45, 2.75) is 32.7 Å². The summed E-state index contributed by atoms with van der Waals surface area (Å²) in [5.41, 5.74) is 8.12. The minimum atomic E-state index is -0.0759. The van der Waals surface area contributed by atoms with E-state index in [2.05, 4.69) is 11.9 Å². The summed E-state index contributed by atoms with van der Waals surface area (Å²) in [7, 11) is 0. The van der Waals surface area contributed by atoms with Crippen LogP contribution in [-0.4, -0.2) is 34.9 Å². The van der Waals surface area contributed by atoms with Gasteiger partial charge in [0.1, 0.15) is 5.52 Å². The number of furan rings is 1. The molecule has 2 unspecified atom stereocenters. The zero-order valence-corrected chi connectivity index (χ0v) is 15.0. The van der Waals surface area contributed by atoms with E-state index >= 15 is 0 Å². The third kappa shape index (κ3) is 3.97. The van der Waals surface area contributed by atoms with Crippen LogP contribution in [0.2, 0.25) is 0 Å². The lowest BCUT2D eigenvalue weighted by Crippen LogP contribution is -2.49. The predicted molar refractivity (Wildman–Crippen MR) is 95.5 cm³/mol. The van der Waals surface area contributed by atoms with Gasteiger partial charge in [-0.05, 0) is 37.8 Å². The van der Waals surface area contributed by atoms with E-state index in [4.69, 9.17) is 10.2 Å². The molecule has 1 aliphatic rings. The second kappa shape index (κ2) is 7.99. The summed E-state index contributed by atoms with van der Waals surface area (Å²) >= 11 is 0. The highest BCUT2D eigenvalue weighted by Gasteiger charge is 2.31. The number of aromatic nitrogens is 1. The van der Waals surface area contributed by atoms with Crippen LogP contribution in [0.5, 0.6) is 0 Å². The van der Waals surface area contributed by atoms with Crippen LogP contribution in [0, 0.1) is 12.8 Å². The lowest BCUT2D eigenvalue weighted by molar-refractivity contribution is 0.0544. The van der Waals surface area contributed by atoms with E-state index in [1.807, 2.05) is 24.0 Å². The number of hydrogen-bond donors (Lipinski definition) is 1. The maximum atomic E-state index is 12.7. The van der Waals surface area contributed by atoms with Gasteiger partial charge >= 0.3 is 0 Å². The van der Waals surface area contributed by atoms with Crippen molar-refractivity contribution in [3.8, 4) is 0 Å². The van der Waals surface area contributed by atoms with Crippen molar-refractivity contribution < 1.29 is 9.21 Å². The molecule has 7 heteroatoms. The molecular formula is C16H23Cl2N3O2. The van der Waals surface area contributed by atoms with Gasteiger partial charge < -0.3 is 15.1 Å². The fourth-order valence-electron chi connectivity index (χ4n) is 3.02. The fraction of sp³-hybridized carbons (Fsp3) is 0.500. The number of hydrogen-bond acceptors (Lipinski definition) is 4. The van der Waals surface area contributed by atoms with Crippen LogP contribution in [0.4, 0.5) is 0 Å². The Bertz CT molecular complexity index is 674. The monoisotopic (exact) mass is 359 g/mol. The maximum absolute atomic E-state index is 12.7. The van der Waals surface area contributed by atoms with Gasteiger partial charge in [0.05, 0.1) is 0 Å². The molecule has 1 saturated heterocycles. The number of aryl methyl sites for hydroxylation is 1. The summed E-state index contributed by atoms with van der Waals surface area (Å²) in [6, 6.07) is 5.57. The number of nitrogens with zero attached hydrogens (tertiary/aromatic N) is 2. The minimum absolute atomic E-state index is 0. The number of nitrogens with two attached hydrogens (primary N) is 1. The van der Waals surface area contributed by atoms with Crippen molar-refractivity contribution in [2.75, 3.05) is 13.1 Å². The van der Waals surface area contributed by atoms with Crippen LogP contribution in [-0.2, 0) is 0 Å². The molecule has 0 radical (unpaired) electrons. The molecule has 2 aromatic rings. The molecule has 0 bridgehead atoms. The number of amides is 1. The number of rotatable bonds is 2. The maximum Gasteiger partial charge on any atom is 0.289 e. The van der Waals surface area contributed by atoms with E-state index in [0.717, 1.165) is 30.6 Å². The Kier molecular flexibility index (Phi) is 6.86. The zero-order chi connectivity index (χ0) is 15.0. The summed E-state index contributed by atoms with van der Waals surface area (Å²) < 4.78 is 5.66. The van der Waals surface area contributed by atoms with Gasteiger partial charge in [-0.2, -0.15) is 0 Å². The highest BCUT2D eigenvalue weighted by Crippen LogP contribution is 2.25. The van der Waals surface area contributed by atoms with Crippen LogP contribution in [0.25, 0.3) is 11.1 Å². The Balaban J connectivity index is 0.00000132. The molecule has 0 aromatic carbocycles. The number of likely N-dealkylation sites (tertiary alicyclic amines) is 1. The summed E-state index contributed by atoms with van der Waals surface area (Å²) in [6.07, 6.45) is 1.97. The first-order valence-electron chi connectivity index (χ1n) is 7.46. The highest BCUT2D eigenvalue weighted by molar-refractivity contribution is 5.95. The molecule has 5 nitrogen and oxygen atoms in total. The molecule has 2 N–H and O–H groups in total. The standard InChI is InChI=1S/C16H21N3O2.2ClH/c1-10-5-6-19(12(7-10)9-17)16(20)15-8-13-14(21-15)4-3-11(2)18-13;;/h3-4,8,10,12H,5-7,9,17H2,1-2H3;2*1H. The second-order valence-corrected chi connectivity index (χ2v) is 5.96. The fourth-order valence-corrected chi connectivity index (χ4v) is 3.02. The Morgan fingerprint density at radius 1 is 1.43 bits per heavy atom. The van der Waals surface area contributed by atoms with Crippen molar-refractivity contribution in [2.24, 2.45) is 11.7 Å². The van der Waals surface area contributed by atoms with Crippen LogP contribution in [0.1, 0.15) is 36.0 Å². The first-order valence-corrected chi connectivity index (χ1v) is 7.46. The summed E-state index contributed by atoms with van der Waals surface area (Å²) in [5.74, 6) is 0.895. The molecule has 1 fully saturated rings. The number of halogens is 2. The highest BCUT2D eigenvalue weighted by atomic mass is 35.5. The summed E-state index contributed by atoms with van der Waals surface area (Å²) in [5, 5.41) is 0. The van der Waals surface area contributed by atoms with Crippen molar-refractivity contribution in [1.82, 2.24) is 9.88 Å². The molecule has 1 aliphatic heterocycles. The molecule has 23 heavy (non-hydrogen) atoms. The van der Waals surface area contributed by atoms with Gasteiger partial charge in [0.2, 0.25) is 0 Å². The first kappa shape index (κ1) is 19.7. The van der Waals surface area contributed by atoms with Gasteiger partial charge in [-0.25, -0.2) is 4.98 Å². The largest absolute Gasteiger partial charge is 0.449 e. The summed E-state index contributed by atoms with van der Waals surface area (Å²) in [6.45, 7) is 5.36. The smallest absolute Gasteiger partial charge is 0.289 e. The molecule has 0 aliphatic carbocycles. The minimum Gasteiger partial charge on any atom is -0.449 e. The Morgan fingerprint density at radius 2 is 2.17 bits per heavy atom. The molecule has 2 aromatic heterocycles. The molecular weight excluding hydrogens is 337 g/mol. The third-order valence-electron chi connectivity index (χ3n) is 4.23. The van der Waals surface area contributed by atoms with Crippen molar-refractivity contribution in [3.63, 3.8) is 0 Å². The molecule has 128 valence electrons. The zero-order valence-electron chi connectivity index (χ0n) is 13.3. The van der Waals surface area contributed by atoms with E-state index in [1.54, 1.807) is 6.07 Å². The quantitative estimate of drug-likeness (QED) is 0.893. The topological polar surface area (TPSA) is 72.4 Å². The van der Waals surface area contributed by atoms with E-state index in [1.165, 1.54) is 0 Å². The van der Waals surface area contributed by atoms with Gasteiger partial charge in [0.15, 0.2) is 11.3 Å². The van der Waals surface area contributed by atoms with Crippen LogP contribution in [0.15, 0.2) is 22.6 Å². The molecule has 3 rings (SSSR count). The average Bonchev–Trinajstić information content (AvgIpc) is 2.89. The van der Waals surface area contributed by atoms with Crippen LogP contribution in [0.3, 0.4) is 0 Å². The first-order chi connectivity index (χ1) is 10.1. The number of carbonyl (C=O) groups is 1. The van der Waals surface area contributed by atoms with Crippen molar-refractivity contribution in [3.05, 3.63) is 29.7 Å². The molecule has 1 amide bonds. The van der Waals surface area contributed by atoms with E-state index in [0.29, 0.717) is 23.8 Å². The summed E-state index contributed by atoms with van der Waals surface area (Å²) in [4.78, 5) is 18.9. The molecule has 2 atom stereocenters. The normalized spacial score (nSPS) is 20.7. The molecule has 3 heterocycles. The third-order valence-corrected chi connectivity index (χ3v) is 4.23. The van der Waals surface area contributed by atoms with E-state index < -0.39 is 0 Å². The Morgan fingerprint density at radius 3 is 2.87 bits per heavy atom. The second-order valence-electron chi connectivity index (χ2n) is 5.96. The number of fused-ring (bicyclic) bond motifs is 1. The van der Waals surface area contributed by atoms with Gasteiger partial charge in [-0.3, -0.25) is 4.79 Å². The molecule has 0 spiro atoms.